The molecule has 0 aliphatic carbocycles. The third-order valence-electron chi connectivity index (χ3n) is 3.67. The number of halogens is 15. The second-order valence-corrected chi connectivity index (χ2v) is 7.46. The van der Waals surface area contributed by atoms with Crippen molar-refractivity contribution >= 4 is 10.0 Å². The first-order valence-electron chi connectivity index (χ1n) is 7.10. The Morgan fingerprint density at radius 1 is 0.533 bits per heavy atom. The van der Waals surface area contributed by atoms with Crippen molar-refractivity contribution in [3.05, 3.63) is 0 Å². The molecular formula is C11H10F15NO2S. The molecule has 0 aromatic heterocycles. The highest BCUT2D eigenvalue weighted by molar-refractivity contribution is 7.90. The molecule has 0 saturated heterocycles. The Morgan fingerprint density at radius 3 is 1.07 bits per heavy atom. The van der Waals surface area contributed by atoms with Gasteiger partial charge >= 0.3 is 41.0 Å². The van der Waals surface area contributed by atoms with Crippen LogP contribution in [0.4, 0.5) is 65.9 Å². The number of alkyl halides is 15. The van der Waals surface area contributed by atoms with Gasteiger partial charge in [0.15, 0.2) is 0 Å². The lowest BCUT2D eigenvalue weighted by atomic mass is 9.94. The van der Waals surface area contributed by atoms with Gasteiger partial charge in [-0.05, 0) is 0 Å². The Labute approximate surface area is 157 Å². The second kappa shape index (κ2) is 7.47. The van der Waals surface area contributed by atoms with Crippen molar-refractivity contribution in [2.24, 2.45) is 0 Å². The number of hydrogen-bond donors (Lipinski definition) is 0. The van der Waals surface area contributed by atoms with E-state index >= 15 is 0 Å². The molecule has 19 heteroatoms. The summed E-state index contributed by atoms with van der Waals surface area (Å²) in [5.41, 5.74) is 0. The molecule has 0 N–H and O–H groups in total. The maximum absolute atomic E-state index is 13.7. The highest BCUT2D eigenvalue weighted by Crippen LogP contribution is 2.63. The van der Waals surface area contributed by atoms with E-state index in [1.807, 2.05) is 0 Å². The van der Waals surface area contributed by atoms with Gasteiger partial charge in [0, 0.05) is 13.1 Å². The fourth-order valence-corrected chi connectivity index (χ4v) is 3.30. The lowest BCUT2D eigenvalue weighted by Gasteiger charge is -2.41. The van der Waals surface area contributed by atoms with E-state index in [2.05, 4.69) is 0 Å². The molecule has 0 unspecified atom stereocenters. The quantitative estimate of drug-likeness (QED) is 0.415. The lowest BCUT2D eigenvalue weighted by molar-refractivity contribution is -0.447. The summed E-state index contributed by atoms with van der Waals surface area (Å²) >= 11 is 0. The molecule has 0 radical (unpaired) electrons. The minimum atomic E-state index is -8.52. The molecule has 3 nitrogen and oxygen atoms in total. The number of hydrogen-bond acceptors (Lipinski definition) is 2. The third kappa shape index (κ3) is 3.48. The molecule has 30 heavy (non-hydrogen) atoms. The zero-order chi connectivity index (χ0) is 25.0. The first-order chi connectivity index (χ1) is 12.8. The van der Waals surface area contributed by atoms with Crippen LogP contribution in [-0.4, -0.2) is 66.9 Å². The van der Waals surface area contributed by atoms with Crippen LogP contribution in [0.3, 0.4) is 0 Å². The van der Waals surface area contributed by atoms with E-state index < -0.39 is 68.5 Å². The zero-order valence-corrected chi connectivity index (χ0v) is 15.1. The van der Waals surface area contributed by atoms with Crippen LogP contribution in [0.1, 0.15) is 13.8 Å². The molecule has 0 heterocycles. The molecule has 0 aromatic rings. The lowest BCUT2D eigenvalue weighted by Crippen LogP contribution is -2.73. The zero-order valence-electron chi connectivity index (χ0n) is 14.3. The van der Waals surface area contributed by atoms with Crippen molar-refractivity contribution in [1.29, 1.82) is 0 Å². The topological polar surface area (TPSA) is 37.4 Å². The maximum atomic E-state index is 13.7. The minimum Gasteiger partial charge on any atom is -0.206 e. The number of sulfonamides is 1. The second-order valence-electron chi connectivity index (χ2n) is 5.48. The van der Waals surface area contributed by atoms with Crippen LogP contribution in [0.2, 0.25) is 0 Å². The molecule has 0 aromatic carbocycles. The van der Waals surface area contributed by atoms with Gasteiger partial charge in [0.05, 0.1) is 0 Å². The summed E-state index contributed by atoms with van der Waals surface area (Å²) in [5.74, 6) is -41.6. The van der Waals surface area contributed by atoms with Gasteiger partial charge in [-0.25, -0.2) is 8.42 Å². The largest absolute Gasteiger partial charge is 0.460 e. The van der Waals surface area contributed by atoms with Crippen LogP contribution in [0.5, 0.6) is 0 Å². The monoisotopic (exact) mass is 505 g/mol. The molecular weight excluding hydrogens is 495 g/mol. The molecule has 0 saturated carbocycles. The summed E-state index contributed by atoms with van der Waals surface area (Å²) < 4.78 is 217. The molecule has 0 aliphatic rings. The van der Waals surface area contributed by atoms with Crippen molar-refractivity contribution in [1.82, 2.24) is 4.31 Å². The molecule has 0 fully saturated rings. The Bertz CT molecular complexity index is 723. The first-order valence-corrected chi connectivity index (χ1v) is 8.54. The summed E-state index contributed by atoms with van der Waals surface area (Å²) in [4.78, 5) is 0. The molecule has 0 aliphatic heterocycles. The molecule has 0 spiro atoms. The smallest absolute Gasteiger partial charge is 0.206 e. The Balaban J connectivity index is 6.85. The van der Waals surface area contributed by atoms with Crippen molar-refractivity contribution in [3.63, 3.8) is 0 Å². The van der Waals surface area contributed by atoms with E-state index in [0.717, 1.165) is 0 Å². The predicted octanol–water partition coefficient (Wildman–Crippen LogP) is 4.99. The summed E-state index contributed by atoms with van der Waals surface area (Å²) in [6, 6.07) is 0. The predicted molar refractivity (Wildman–Crippen MR) is 67.6 cm³/mol. The normalized spacial score (nSPS) is 16.3. The van der Waals surface area contributed by atoms with Gasteiger partial charge in [-0.1, -0.05) is 13.8 Å². The van der Waals surface area contributed by atoms with Crippen LogP contribution in [0, 0.1) is 0 Å². The average Bonchev–Trinajstić information content (AvgIpc) is 2.53. The average molecular weight is 505 g/mol. The van der Waals surface area contributed by atoms with Crippen molar-refractivity contribution in [3.8, 4) is 0 Å². The maximum Gasteiger partial charge on any atom is 0.460 e. The van der Waals surface area contributed by atoms with Gasteiger partial charge in [0.1, 0.15) is 0 Å². The van der Waals surface area contributed by atoms with E-state index in [1.165, 1.54) is 0 Å². The molecule has 0 amide bonds. The van der Waals surface area contributed by atoms with Gasteiger partial charge in [0.25, 0.3) is 10.0 Å². The first kappa shape index (κ1) is 28.9. The molecule has 0 atom stereocenters. The van der Waals surface area contributed by atoms with Gasteiger partial charge in [-0.2, -0.15) is 70.2 Å². The fraction of sp³-hybridized carbons (Fsp3) is 1.00. The summed E-state index contributed by atoms with van der Waals surface area (Å²) in [5, 5.41) is -7.34. The van der Waals surface area contributed by atoms with Gasteiger partial charge < -0.3 is 0 Å². The van der Waals surface area contributed by atoms with E-state index in [9.17, 15) is 74.3 Å². The van der Waals surface area contributed by atoms with E-state index in [-0.39, 0.29) is 0 Å². The molecule has 0 bridgehead atoms. The van der Waals surface area contributed by atoms with E-state index in [0.29, 0.717) is 13.8 Å². The van der Waals surface area contributed by atoms with Gasteiger partial charge in [-0.3, -0.25) is 0 Å². The minimum absolute atomic E-state index is 0.667. The summed E-state index contributed by atoms with van der Waals surface area (Å²) in [6.07, 6.45) is -7.72. The highest BCUT2D eigenvalue weighted by atomic mass is 32.2. The van der Waals surface area contributed by atoms with Crippen LogP contribution < -0.4 is 0 Å². The van der Waals surface area contributed by atoms with Crippen molar-refractivity contribution < 1.29 is 74.3 Å². The number of rotatable bonds is 9. The van der Waals surface area contributed by atoms with Crippen LogP contribution >= 0.6 is 0 Å². The Morgan fingerprint density at radius 2 is 0.800 bits per heavy atom. The van der Waals surface area contributed by atoms with E-state index in [1.54, 1.807) is 0 Å². The van der Waals surface area contributed by atoms with Crippen molar-refractivity contribution in [2.45, 2.75) is 54.9 Å². The Kier molecular flexibility index (Phi) is 7.19. The SMILES string of the molecule is CCN(CC)S(=O)(=O)C(F)(F)C(F)(F)C(F)(F)C(F)(F)C(F)(F)C(F)(F)C(F)(F)F. The standard InChI is InChI=1S/C11H10F15NO2S/c1-3-27(4-2)30(28,29)11(25,26)9(20,21)7(16,17)5(12,13)6(14,15)8(18,19)10(22,23)24/h3-4H2,1-2H3. The van der Waals surface area contributed by atoms with E-state index in [4.69, 9.17) is 0 Å². The third-order valence-corrected chi connectivity index (χ3v) is 5.77. The van der Waals surface area contributed by atoms with Gasteiger partial charge in [-0.15, -0.1) is 0 Å². The fourth-order valence-electron chi connectivity index (χ4n) is 1.84. The summed E-state index contributed by atoms with van der Waals surface area (Å²) in [6.45, 7) is -0.982. The van der Waals surface area contributed by atoms with Gasteiger partial charge in [0.2, 0.25) is 0 Å². The summed E-state index contributed by atoms with van der Waals surface area (Å²) in [7, 11) is -7.03. The van der Waals surface area contributed by atoms with Crippen LogP contribution in [0.25, 0.3) is 0 Å². The molecule has 182 valence electrons. The number of nitrogens with zero attached hydrogens (tertiary/aromatic N) is 1. The van der Waals surface area contributed by atoms with Crippen LogP contribution in [0.15, 0.2) is 0 Å². The highest BCUT2D eigenvalue weighted by Gasteiger charge is 2.94. The van der Waals surface area contributed by atoms with Crippen molar-refractivity contribution in [2.75, 3.05) is 13.1 Å². The Hall–Kier alpha value is -1.14. The molecule has 0 rings (SSSR count). The van der Waals surface area contributed by atoms with Crippen LogP contribution in [-0.2, 0) is 10.0 Å².